The van der Waals surface area contributed by atoms with E-state index >= 15 is 0 Å². The molecule has 0 unspecified atom stereocenters. The number of ether oxygens (including phenoxy) is 2. The van der Waals surface area contributed by atoms with Crippen molar-refractivity contribution in [3.8, 4) is 17.2 Å². The minimum Gasteiger partial charge on any atom is -0.493 e. The fourth-order valence-electron chi connectivity index (χ4n) is 3.22. The van der Waals surface area contributed by atoms with Crippen molar-refractivity contribution in [2.45, 2.75) is 11.5 Å². The van der Waals surface area contributed by atoms with E-state index in [1.54, 1.807) is 42.8 Å². The Morgan fingerprint density at radius 2 is 2.00 bits per heavy atom. The molecule has 0 spiro atoms. The van der Waals surface area contributed by atoms with Crippen LogP contribution >= 0.6 is 23.4 Å². The van der Waals surface area contributed by atoms with E-state index in [0.29, 0.717) is 22.3 Å². The average Bonchev–Trinajstić information content (AvgIpc) is 3.34. The first kappa shape index (κ1) is 20.4. The van der Waals surface area contributed by atoms with Gasteiger partial charge in [0.1, 0.15) is 5.82 Å². The summed E-state index contributed by atoms with van der Waals surface area (Å²) in [5.74, 6) is 3.32. The van der Waals surface area contributed by atoms with Crippen LogP contribution in [0.3, 0.4) is 0 Å². The maximum atomic E-state index is 12.7. The van der Waals surface area contributed by atoms with Gasteiger partial charge >= 0.3 is 0 Å². The molecule has 0 saturated carbocycles. The number of methoxy groups -OCH3 is 2. The normalized spacial score (nSPS) is 12.8. The van der Waals surface area contributed by atoms with E-state index in [2.05, 4.69) is 10.4 Å². The van der Waals surface area contributed by atoms with Gasteiger partial charge in [-0.15, -0.1) is 0 Å². The Hall–Kier alpha value is -2.90. The largest absolute Gasteiger partial charge is 0.493 e. The van der Waals surface area contributed by atoms with Gasteiger partial charge in [0.05, 0.1) is 25.6 Å². The van der Waals surface area contributed by atoms with Crippen molar-refractivity contribution in [2.75, 3.05) is 19.5 Å². The van der Waals surface area contributed by atoms with Gasteiger partial charge in [0, 0.05) is 28.2 Å². The number of hydrogen-bond acceptors (Lipinski definition) is 5. The Morgan fingerprint density at radius 3 is 2.77 bits per heavy atom. The molecule has 3 aromatic rings. The monoisotopic (exact) mass is 441 g/mol. The van der Waals surface area contributed by atoms with Gasteiger partial charge in [-0.3, -0.25) is 4.79 Å². The minimum atomic E-state index is -0.243. The summed E-state index contributed by atoms with van der Waals surface area (Å²) in [6.45, 7) is 0. The predicted octanol–water partition coefficient (Wildman–Crippen LogP) is 4.94. The summed E-state index contributed by atoms with van der Waals surface area (Å²) in [4.78, 5) is 12.7. The van der Waals surface area contributed by atoms with Crippen LogP contribution < -0.4 is 14.8 Å². The highest BCUT2D eigenvalue weighted by atomic mass is 35.5. The minimum absolute atomic E-state index is 0.243. The second-order valence-corrected chi connectivity index (χ2v) is 8.02. The number of carbonyl (C=O) groups is 1. The number of carbonyl (C=O) groups excluding carboxylic acids is 1. The maximum absolute atomic E-state index is 12.7. The van der Waals surface area contributed by atoms with E-state index in [-0.39, 0.29) is 5.91 Å². The number of hydrogen-bond donors (Lipinski definition) is 1. The summed E-state index contributed by atoms with van der Waals surface area (Å²) in [5, 5.41) is 8.29. The molecule has 6 nitrogen and oxygen atoms in total. The fourth-order valence-corrected chi connectivity index (χ4v) is 4.44. The van der Waals surface area contributed by atoms with Crippen molar-refractivity contribution in [3.63, 3.8) is 0 Å². The lowest BCUT2D eigenvalue weighted by atomic mass is 10.2. The lowest BCUT2D eigenvalue weighted by Gasteiger charge is -2.10. The van der Waals surface area contributed by atoms with Crippen LogP contribution in [0.5, 0.6) is 11.5 Å². The first-order valence-corrected chi connectivity index (χ1v) is 10.8. The summed E-state index contributed by atoms with van der Waals surface area (Å²) >= 11 is 7.93. The van der Waals surface area contributed by atoms with Crippen LogP contribution in [0, 0.1) is 0 Å². The van der Waals surface area contributed by atoms with Gasteiger partial charge in [0.2, 0.25) is 5.91 Å². The summed E-state index contributed by atoms with van der Waals surface area (Å²) < 4.78 is 12.3. The molecular formula is C22H20ClN3O3S. The van der Waals surface area contributed by atoms with E-state index in [0.717, 1.165) is 34.0 Å². The number of anilines is 1. The Kier molecular flexibility index (Phi) is 6.01. The summed E-state index contributed by atoms with van der Waals surface area (Å²) in [7, 11) is 3.16. The second-order valence-electron chi connectivity index (χ2n) is 6.60. The van der Waals surface area contributed by atoms with Gasteiger partial charge in [0.25, 0.3) is 0 Å². The van der Waals surface area contributed by atoms with E-state index in [4.69, 9.17) is 21.1 Å². The number of fused-ring (bicyclic) bond motifs is 1. The molecule has 154 valence electrons. The van der Waals surface area contributed by atoms with E-state index < -0.39 is 0 Å². The van der Waals surface area contributed by atoms with E-state index in [1.165, 1.54) is 6.08 Å². The van der Waals surface area contributed by atoms with Crippen LogP contribution in [-0.2, 0) is 16.3 Å². The molecular weight excluding hydrogens is 422 g/mol. The van der Waals surface area contributed by atoms with E-state index in [9.17, 15) is 4.79 Å². The zero-order chi connectivity index (χ0) is 21.1. The number of rotatable bonds is 6. The number of amides is 1. The fraction of sp³-hybridized carbons (Fsp3) is 0.182. The van der Waals surface area contributed by atoms with Gasteiger partial charge in [-0.05, 0) is 42.0 Å². The number of halogens is 1. The van der Waals surface area contributed by atoms with Gasteiger partial charge in [0.15, 0.2) is 11.5 Å². The van der Waals surface area contributed by atoms with Gasteiger partial charge < -0.3 is 14.8 Å². The molecule has 0 aliphatic carbocycles. The number of nitrogens with one attached hydrogen (secondary N) is 1. The molecule has 0 saturated heterocycles. The lowest BCUT2D eigenvalue weighted by molar-refractivity contribution is -0.111. The zero-order valence-electron chi connectivity index (χ0n) is 16.5. The van der Waals surface area contributed by atoms with Crippen molar-refractivity contribution in [3.05, 3.63) is 70.4 Å². The highest BCUT2D eigenvalue weighted by molar-refractivity contribution is 7.98. The van der Waals surface area contributed by atoms with Crippen LogP contribution in [0.25, 0.3) is 11.8 Å². The van der Waals surface area contributed by atoms with Crippen molar-refractivity contribution in [1.29, 1.82) is 0 Å². The molecule has 1 N–H and O–H groups in total. The average molecular weight is 442 g/mol. The highest BCUT2D eigenvalue weighted by Gasteiger charge is 2.24. The number of nitrogens with zero attached hydrogens (tertiary/aromatic N) is 2. The van der Waals surface area contributed by atoms with Crippen LogP contribution in [0.1, 0.15) is 16.8 Å². The molecule has 1 aliphatic heterocycles. The molecule has 2 heterocycles. The van der Waals surface area contributed by atoms with E-state index in [1.807, 2.05) is 36.4 Å². The summed E-state index contributed by atoms with van der Waals surface area (Å²) in [6, 6.07) is 12.9. The van der Waals surface area contributed by atoms with Gasteiger partial charge in [-0.25, -0.2) is 4.68 Å². The van der Waals surface area contributed by atoms with Crippen molar-refractivity contribution in [2.24, 2.45) is 0 Å². The summed E-state index contributed by atoms with van der Waals surface area (Å²) in [5.41, 5.74) is 3.67. The smallest absolute Gasteiger partial charge is 0.249 e. The van der Waals surface area contributed by atoms with Crippen LogP contribution in [0.2, 0.25) is 5.02 Å². The van der Waals surface area contributed by atoms with Crippen molar-refractivity contribution in [1.82, 2.24) is 9.78 Å². The van der Waals surface area contributed by atoms with Crippen LogP contribution in [0.15, 0.2) is 48.5 Å². The molecule has 0 atom stereocenters. The topological polar surface area (TPSA) is 65.4 Å². The predicted molar refractivity (Wildman–Crippen MR) is 121 cm³/mol. The third-order valence-corrected chi connectivity index (χ3v) is 5.89. The second kappa shape index (κ2) is 8.85. The Morgan fingerprint density at radius 1 is 1.17 bits per heavy atom. The number of thioether (sulfide) groups is 1. The SMILES string of the molecule is COc1ccc(C=CC(=O)Nc2c3c(nn2-c2cccc(Cl)c2)CSC3)cc1OC. The molecule has 2 aromatic carbocycles. The van der Waals surface area contributed by atoms with Crippen molar-refractivity contribution >= 4 is 41.2 Å². The molecule has 0 bridgehead atoms. The molecule has 0 fully saturated rings. The lowest BCUT2D eigenvalue weighted by Crippen LogP contribution is -2.13. The molecule has 1 aromatic heterocycles. The molecule has 1 amide bonds. The molecule has 1 aliphatic rings. The van der Waals surface area contributed by atoms with Gasteiger partial charge in [-0.2, -0.15) is 16.9 Å². The Balaban J connectivity index is 1.59. The van der Waals surface area contributed by atoms with Crippen LogP contribution in [-0.4, -0.2) is 29.9 Å². The first-order chi connectivity index (χ1) is 14.6. The highest BCUT2D eigenvalue weighted by Crippen LogP contribution is 2.36. The Labute approximate surface area is 183 Å². The van der Waals surface area contributed by atoms with Crippen LogP contribution in [0.4, 0.5) is 5.82 Å². The number of aromatic nitrogens is 2. The molecule has 0 radical (unpaired) electrons. The zero-order valence-corrected chi connectivity index (χ0v) is 18.1. The number of benzene rings is 2. The Bertz CT molecular complexity index is 1130. The summed E-state index contributed by atoms with van der Waals surface area (Å²) in [6.07, 6.45) is 3.22. The van der Waals surface area contributed by atoms with Crippen molar-refractivity contribution < 1.29 is 14.3 Å². The maximum Gasteiger partial charge on any atom is 0.249 e. The molecule has 4 rings (SSSR count). The van der Waals surface area contributed by atoms with Gasteiger partial charge in [-0.1, -0.05) is 23.7 Å². The standard InChI is InChI=1S/C22H20ClN3O3S/c1-28-19-8-6-14(10-20(19)29-2)7-9-21(27)24-22-17-12-30-13-18(17)25-26(22)16-5-3-4-15(23)11-16/h3-11H,12-13H2,1-2H3,(H,24,27). The molecule has 30 heavy (non-hydrogen) atoms. The third kappa shape index (κ3) is 4.17. The quantitative estimate of drug-likeness (QED) is 0.549. The molecule has 8 heteroatoms. The first-order valence-electron chi connectivity index (χ1n) is 9.24. The third-order valence-electron chi connectivity index (χ3n) is 4.68.